The van der Waals surface area contributed by atoms with Crippen LogP contribution in [0.25, 0.3) is 0 Å². The second-order valence-corrected chi connectivity index (χ2v) is 7.53. The largest absolute Gasteiger partial charge is 0.482 e. The minimum atomic E-state index is -0.583. The van der Waals surface area contributed by atoms with Gasteiger partial charge in [-0.15, -0.1) is 11.8 Å². The van der Waals surface area contributed by atoms with Crippen molar-refractivity contribution in [2.24, 2.45) is 0 Å². The molecule has 0 heterocycles. The molecule has 0 spiro atoms. The zero-order chi connectivity index (χ0) is 19.6. The van der Waals surface area contributed by atoms with Crippen LogP contribution in [0.3, 0.4) is 0 Å². The van der Waals surface area contributed by atoms with Gasteiger partial charge in [-0.2, -0.15) is 0 Å². The first-order valence-electron chi connectivity index (χ1n) is 8.44. The third kappa shape index (κ3) is 8.37. The quantitative estimate of drug-likeness (QED) is 0.389. The summed E-state index contributed by atoms with van der Waals surface area (Å²) in [5, 5.41) is 3.40. The lowest BCUT2D eigenvalue weighted by atomic mass is 10.1. The van der Waals surface area contributed by atoms with E-state index in [0.717, 1.165) is 16.0 Å². The van der Waals surface area contributed by atoms with Crippen LogP contribution in [0.5, 0.6) is 5.75 Å². The van der Waals surface area contributed by atoms with Crippen molar-refractivity contribution in [3.05, 3.63) is 58.6 Å². The number of carbonyl (C=O) groups is 2. The lowest BCUT2D eigenvalue weighted by Gasteiger charge is -2.09. The molecule has 0 saturated heterocycles. The molecule has 2 aromatic carbocycles. The molecular formula is C20H22ClNO4S. The number of aryl methyl sites for hydroxylation is 2. The third-order valence-electron chi connectivity index (χ3n) is 3.42. The molecule has 27 heavy (non-hydrogen) atoms. The van der Waals surface area contributed by atoms with Crippen molar-refractivity contribution < 1.29 is 19.1 Å². The fraction of sp³-hybridized carbons (Fsp3) is 0.300. The Labute approximate surface area is 168 Å². The number of benzene rings is 2. The van der Waals surface area contributed by atoms with Crippen LogP contribution < -0.4 is 10.1 Å². The van der Waals surface area contributed by atoms with Crippen molar-refractivity contribution in [1.82, 2.24) is 5.32 Å². The van der Waals surface area contributed by atoms with E-state index in [4.69, 9.17) is 21.1 Å². The van der Waals surface area contributed by atoms with Gasteiger partial charge in [0.2, 0.25) is 0 Å². The number of nitrogens with one attached hydrogen (secondary N) is 1. The molecule has 2 rings (SSSR count). The Hall–Kier alpha value is -2.18. The summed E-state index contributed by atoms with van der Waals surface area (Å²) in [7, 11) is 0. The van der Waals surface area contributed by atoms with Gasteiger partial charge in [-0.1, -0.05) is 17.7 Å². The lowest BCUT2D eigenvalue weighted by molar-refractivity contribution is -0.150. The summed E-state index contributed by atoms with van der Waals surface area (Å²) in [6, 6.07) is 13.2. The number of thioether (sulfide) groups is 1. The maximum absolute atomic E-state index is 11.7. The molecule has 0 aliphatic heterocycles. The van der Waals surface area contributed by atoms with E-state index in [-0.39, 0.29) is 19.1 Å². The third-order valence-corrected chi connectivity index (χ3v) is 4.69. The number of hydrogen-bond donors (Lipinski definition) is 1. The number of ether oxygens (including phenoxy) is 2. The van der Waals surface area contributed by atoms with E-state index in [1.807, 2.05) is 56.3 Å². The molecule has 0 unspecified atom stereocenters. The molecule has 0 bridgehead atoms. The molecule has 0 saturated carbocycles. The summed E-state index contributed by atoms with van der Waals surface area (Å²) in [5.41, 5.74) is 2.10. The van der Waals surface area contributed by atoms with E-state index in [1.54, 1.807) is 11.8 Å². The molecule has 0 aliphatic carbocycles. The second kappa shape index (κ2) is 10.8. The molecule has 5 nitrogen and oxygen atoms in total. The number of halogens is 1. The number of amides is 1. The van der Waals surface area contributed by atoms with Gasteiger partial charge >= 0.3 is 5.97 Å². The van der Waals surface area contributed by atoms with Gasteiger partial charge in [-0.3, -0.25) is 4.79 Å². The average Bonchev–Trinajstić information content (AvgIpc) is 2.62. The maximum atomic E-state index is 11.7. The van der Waals surface area contributed by atoms with Gasteiger partial charge in [-0.25, -0.2) is 4.79 Å². The van der Waals surface area contributed by atoms with Crippen molar-refractivity contribution in [2.75, 3.05) is 25.5 Å². The summed E-state index contributed by atoms with van der Waals surface area (Å²) >= 11 is 7.43. The van der Waals surface area contributed by atoms with Crippen molar-refractivity contribution >= 4 is 35.2 Å². The topological polar surface area (TPSA) is 64.6 Å². The smallest absolute Gasteiger partial charge is 0.344 e. The first kappa shape index (κ1) is 21.1. The summed E-state index contributed by atoms with van der Waals surface area (Å²) in [5.74, 6) is 0.386. The van der Waals surface area contributed by atoms with Crippen LogP contribution in [-0.4, -0.2) is 37.4 Å². The summed E-state index contributed by atoms with van der Waals surface area (Å²) in [6.07, 6.45) is 0. The van der Waals surface area contributed by atoms with Gasteiger partial charge in [-0.05, 0) is 61.4 Å². The van der Waals surface area contributed by atoms with Crippen molar-refractivity contribution in [1.29, 1.82) is 0 Å². The Balaban J connectivity index is 1.59. The van der Waals surface area contributed by atoms with Crippen LogP contribution in [0.1, 0.15) is 11.1 Å². The molecule has 1 N–H and O–H groups in total. The van der Waals surface area contributed by atoms with Gasteiger partial charge in [0, 0.05) is 22.2 Å². The van der Waals surface area contributed by atoms with Crippen molar-refractivity contribution in [3.63, 3.8) is 0 Å². The summed E-state index contributed by atoms with van der Waals surface area (Å²) < 4.78 is 10.3. The van der Waals surface area contributed by atoms with Crippen LogP contribution in [0, 0.1) is 13.8 Å². The van der Waals surface area contributed by atoms with E-state index in [9.17, 15) is 9.59 Å². The van der Waals surface area contributed by atoms with Crippen LogP contribution >= 0.6 is 23.4 Å². The van der Waals surface area contributed by atoms with Crippen LogP contribution in [0.2, 0.25) is 5.02 Å². The van der Waals surface area contributed by atoms with Gasteiger partial charge in [0.25, 0.3) is 5.91 Å². The Morgan fingerprint density at radius 3 is 2.37 bits per heavy atom. The predicted octanol–water partition coefficient (Wildman–Crippen LogP) is 3.79. The normalized spacial score (nSPS) is 10.3. The Morgan fingerprint density at radius 1 is 1.04 bits per heavy atom. The average molecular weight is 408 g/mol. The molecule has 0 aliphatic rings. The van der Waals surface area contributed by atoms with E-state index in [1.165, 1.54) is 0 Å². The van der Waals surface area contributed by atoms with Gasteiger partial charge in [0.1, 0.15) is 5.75 Å². The molecule has 2 aromatic rings. The van der Waals surface area contributed by atoms with Crippen molar-refractivity contribution in [3.8, 4) is 5.75 Å². The van der Waals surface area contributed by atoms with Crippen molar-refractivity contribution in [2.45, 2.75) is 18.7 Å². The minimum absolute atomic E-state index is 0.234. The molecular weight excluding hydrogens is 386 g/mol. The van der Waals surface area contributed by atoms with Gasteiger partial charge in [0.15, 0.2) is 13.2 Å². The molecule has 144 valence electrons. The zero-order valence-corrected chi connectivity index (χ0v) is 16.9. The van der Waals surface area contributed by atoms with Crippen LogP contribution in [0.4, 0.5) is 0 Å². The number of carbonyl (C=O) groups excluding carboxylic acids is 2. The number of rotatable bonds is 9. The van der Waals surface area contributed by atoms with Gasteiger partial charge < -0.3 is 14.8 Å². The molecule has 0 radical (unpaired) electrons. The SMILES string of the molecule is Cc1cc(C)cc(OCC(=O)OCC(=O)NCCSc2ccc(Cl)cc2)c1. The van der Waals surface area contributed by atoms with Crippen LogP contribution in [0.15, 0.2) is 47.4 Å². The van der Waals surface area contributed by atoms with E-state index in [0.29, 0.717) is 23.1 Å². The molecule has 1 amide bonds. The Bertz CT molecular complexity index is 760. The summed E-state index contributed by atoms with van der Waals surface area (Å²) in [6.45, 7) is 3.83. The maximum Gasteiger partial charge on any atom is 0.344 e. The first-order chi connectivity index (χ1) is 12.9. The number of hydrogen-bond acceptors (Lipinski definition) is 5. The minimum Gasteiger partial charge on any atom is -0.482 e. The fourth-order valence-corrected chi connectivity index (χ4v) is 3.18. The zero-order valence-electron chi connectivity index (χ0n) is 15.3. The Morgan fingerprint density at radius 2 is 1.70 bits per heavy atom. The monoisotopic (exact) mass is 407 g/mol. The molecule has 7 heteroatoms. The highest BCUT2D eigenvalue weighted by atomic mass is 35.5. The first-order valence-corrected chi connectivity index (χ1v) is 9.80. The highest BCUT2D eigenvalue weighted by Gasteiger charge is 2.08. The molecule has 0 atom stereocenters. The lowest BCUT2D eigenvalue weighted by Crippen LogP contribution is -2.31. The van der Waals surface area contributed by atoms with E-state index < -0.39 is 5.97 Å². The van der Waals surface area contributed by atoms with E-state index >= 15 is 0 Å². The van der Waals surface area contributed by atoms with Gasteiger partial charge in [0.05, 0.1) is 0 Å². The van der Waals surface area contributed by atoms with Crippen LogP contribution in [-0.2, 0) is 14.3 Å². The standard InChI is InChI=1S/C20H22ClNO4S/c1-14-9-15(2)11-17(10-14)25-13-20(24)26-12-19(23)22-7-8-27-18-5-3-16(21)4-6-18/h3-6,9-11H,7-8,12-13H2,1-2H3,(H,22,23). The van der Waals surface area contributed by atoms with E-state index in [2.05, 4.69) is 5.32 Å². The summed E-state index contributed by atoms with van der Waals surface area (Å²) in [4.78, 5) is 24.5. The Kier molecular flexibility index (Phi) is 8.48. The second-order valence-electron chi connectivity index (χ2n) is 5.93. The fourth-order valence-electron chi connectivity index (χ4n) is 2.29. The highest BCUT2D eigenvalue weighted by Crippen LogP contribution is 2.19. The number of esters is 1. The molecule has 0 fully saturated rings. The predicted molar refractivity (Wildman–Crippen MR) is 108 cm³/mol. The highest BCUT2D eigenvalue weighted by molar-refractivity contribution is 7.99. The molecule has 0 aromatic heterocycles.